The number of rotatable bonds is 9. The second kappa shape index (κ2) is 10.1. The number of fused-ring (bicyclic) bond motifs is 1. The average molecular weight is 423 g/mol. The first-order valence-electron chi connectivity index (χ1n) is 10.2. The van der Waals surface area contributed by atoms with E-state index in [0.717, 1.165) is 40.0 Å². The van der Waals surface area contributed by atoms with Crippen LogP contribution in [0.3, 0.4) is 0 Å². The van der Waals surface area contributed by atoms with Gasteiger partial charge in [-0.2, -0.15) is 0 Å². The van der Waals surface area contributed by atoms with Gasteiger partial charge in [-0.25, -0.2) is 4.98 Å². The number of pyridine rings is 1. The van der Waals surface area contributed by atoms with Crippen LogP contribution in [0.5, 0.6) is 11.5 Å². The van der Waals surface area contributed by atoms with Gasteiger partial charge >= 0.3 is 0 Å². The molecular weight excluding hydrogens is 392 g/mol. The molecular formula is C24H30N4O3. The summed E-state index contributed by atoms with van der Waals surface area (Å²) in [5.74, 6) is 1.34. The molecule has 0 aliphatic heterocycles. The Morgan fingerprint density at radius 3 is 2.87 bits per heavy atom. The maximum Gasteiger partial charge on any atom is 0.244 e. The van der Waals surface area contributed by atoms with Crippen LogP contribution in [-0.2, 0) is 4.79 Å². The van der Waals surface area contributed by atoms with Crippen LogP contribution in [0.1, 0.15) is 29.7 Å². The van der Waals surface area contributed by atoms with E-state index in [-0.39, 0.29) is 11.9 Å². The van der Waals surface area contributed by atoms with E-state index in [9.17, 15) is 4.79 Å². The molecule has 0 aliphatic carbocycles. The lowest BCUT2D eigenvalue weighted by Crippen LogP contribution is -2.24. The van der Waals surface area contributed by atoms with Crippen LogP contribution in [-0.4, -0.2) is 55.1 Å². The first-order chi connectivity index (χ1) is 14.9. The topological polar surface area (TPSA) is 79.5 Å². The largest absolute Gasteiger partial charge is 0.496 e. The van der Waals surface area contributed by atoms with Gasteiger partial charge in [-0.1, -0.05) is 12.1 Å². The SMILES string of the molecule is COc1cc([C@@H](C)NC(=O)/C=C/c2c[nH]c3ncc(OCCN(C)C)cc23)ccc1C. The molecule has 0 bridgehead atoms. The van der Waals surface area contributed by atoms with Crippen molar-refractivity contribution in [2.45, 2.75) is 19.9 Å². The monoisotopic (exact) mass is 422 g/mol. The van der Waals surface area contributed by atoms with Gasteiger partial charge in [0.25, 0.3) is 0 Å². The number of ether oxygens (including phenoxy) is 2. The third-order valence-corrected chi connectivity index (χ3v) is 5.05. The number of likely N-dealkylation sites (N-methyl/N-ethyl adjacent to an activating group) is 1. The molecule has 3 rings (SSSR count). The molecule has 2 aromatic heterocycles. The van der Waals surface area contributed by atoms with Crippen LogP contribution in [0, 0.1) is 6.92 Å². The van der Waals surface area contributed by atoms with Crippen molar-refractivity contribution < 1.29 is 14.3 Å². The van der Waals surface area contributed by atoms with E-state index in [1.807, 2.05) is 58.4 Å². The molecule has 2 heterocycles. The fourth-order valence-corrected chi connectivity index (χ4v) is 3.18. The number of amides is 1. The van der Waals surface area contributed by atoms with Crippen LogP contribution in [0.4, 0.5) is 0 Å². The van der Waals surface area contributed by atoms with Crippen molar-refractivity contribution >= 4 is 23.0 Å². The van der Waals surface area contributed by atoms with Crippen LogP contribution < -0.4 is 14.8 Å². The van der Waals surface area contributed by atoms with E-state index in [2.05, 4.69) is 20.2 Å². The lowest BCUT2D eigenvalue weighted by atomic mass is 10.1. The van der Waals surface area contributed by atoms with Crippen molar-refractivity contribution in [3.8, 4) is 11.5 Å². The third kappa shape index (κ3) is 5.86. The number of aryl methyl sites for hydroxylation is 1. The van der Waals surface area contributed by atoms with E-state index in [1.165, 1.54) is 6.08 Å². The Balaban J connectivity index is 1.67. The molecule has 7 nitrogen and oxygen atoms in total. The highest BCUT2D eigenvalue weighted by Crippen LogP contribution is 2.24. The summed E-state index contributed by atoms with van der Waals surface area (Å²) in [7, 11) is 5.65. The first-order valence-corrected chi connectivity index (χ1v) is 10.2. The lowest BCUT2D eigenvalue weighted by molar-refractivity contribution is -0.117. The van der Waals surface area contributed by atoms with Crippen molar-refractivity contribution in [1.29, 1.82) is 0 Å². The van der Waals surface area contributed by atoms with Crippen molar-refractivity contribution in [2.75, 3.05) is 34.4 Å². The van der Waals surface area contributed by atoms with Gasteiger partial charge in [0.2, 0.25) is 5.91 Å². The normalized spacial score (nSPS) is 12.5. The highest BCUT2D eigenvalue weighted by atomic mass is 16.5. The van der Waals surface area contributed by atoms with Gasteiger partial charge in [0, 0.05) is 29.8 Å². The molecule has 164 valence electrons. The van der Waals surface area contributed by atoms with Crippen LogP contribution in [0.25, 0.3) is 17.1 Å². The molecule has 1 amide bonds. The Morgan fingerprint density at radius 1 is 1.32 bits per heavy atom. The van der Waals surface area contributed by atoms with Gasteiger partial charge in [-0.05, 0) is 57.3 Å². The third-order valence-electron chi connectivity index (χ3n) is 5.05. The Morgan fingerprint density at radius 2 is 2.13 bits per heavy atom. The number of nitrogens with one attached hydrogen (secondary N) is 2. The zero-order chi connectivity index (χ0) is 22.4. The number of hydrogen-bond donors (Lipinski definition) is 2. The number of carbonyl (C=O) groups is 1. The standard InChI is InChI=1S/C24H30N4O3/c1-16-6-7-18(12-22(16)30-5)17(2)27-23(29)9-8-19-14-25-24-21(19)13-20(15-26-24)31-11-10-28(3)4/h6-9,12-15,17H,10-11H2,1-5H3,(H,25,26)(H,27,29)/b9-8+/t17-/m1/s1. The second-order valence-electron chi connectivity index (χ2n) is 7.76. The number of benzene rings is 1. The number of aromatic amines is 1. The summed E-state index contributed by atoms with van der Waals surface area (Å²) < 4.78 is 11.1. The van der Waals surface area contributed by atoms with Gasteiger partial charge in [-0.15, -0.1) is 0 Å². The Bertz CT molecular complexity index is 1070. The molecule has 2 N–H and O–H groups in total. The predicted octanol–water partition coefficient (Wildman–Crippen LogP) is 3.71. The number of H-pyrrole nitrogens is 1. The quantitative estimate of drug-likeness (QED) is 0.514. The Hall–Kier alpha value is -3.32. The maximum atomic E-state index is 12.5. The number of methoxy groups -OCH3 is 1. The number of carbonyl (C=O) groups excluding carboxylic acids is 1. The van der Waals surface area contributed by atoms with Gasteiger partial charge < -0.3 is 24.7 Å². The molecule has 3 aromatic rings. The summed E-state index contributed by atoms with van der Waals surface area (Å²) >= 11 is 0. The van der Waals surface area contributed by atoms with Crippen LogP contribution in [0.15, 0.2) is 42.7 Å². The molecule has 1 aromatic carbocycles. The summed E-state index contributed by atoms with van der Waals surface area (Å²) in [5.41, 5.74) is 3.67. The molecule has 0 fully saturated rings. The fourth-order valence-electron chi connectivity index (χ4n) is 3.18. The number of hydrogen-bond acceptors (Lipinski definition) is 5. The highest BCUT2D eigenvalue weighted by molar-refractivity contribution is 5.95. The van der Waals surface area contributed by atoms with E-state index < -0.39 is 0 Å². The van der Waals surface area contributed by atoms with Crippen molar-refractivity contribution in [2.24, 2.45) is 0 Å². The average Bonchev–Trinajstić information content (AvgIpc) is 3.14. The Kier molecular flexibility index (Phi) is 7.31. The Labute approximate surface area is 183 Å². The number of nitrogens with zero attached hydrogens (tertiary/aromatic N) is 2. The molecule has 0 aliphatic rings. The van der Waals surface area contributed by atoms with Crippen molar-refractivity contribution in [3.63, 3.8) is 0 Å². The molecule has 7 heteroatoms. The minimum atomic E-state index is -0.173. The van der Waals surface area contributed by atoms with E-state index in [0.29, 0.717) is 12.4 Å². The fraction of sp³-hybridized carbons (Fsp3) is 0.333. The smallest absolute Gasteiger partial charge is 0.244 e. The zero-order valence-electron chi connectivity index (χ0n) is 18.7. The first kappa shape index (κ1) is 22.4. The van der Waals surface area contributed by atoms with Gasteiger partial charge in [0.1, 0.15) is 23.8 Å². The lowest BCUT2D eigenvalue weighted by Gasteiger charge is -2.15. The van der Waals surface area contributed by atoms with Crippen LogP contribution in [0.2, 0.25) is 0 Å². The zero-order valence-corrected chi connectivity index (χ0v) is 18.7. The summed E-state index contributed by atoms with van der Waals surface area (Å²) in [4.78, 5) is 22.0. The van der Waals surface area contributed by atoms with Crippen molar-refractivity contribution in [1.82, 2.24) is 20.2 Å². The molecule has 1 atom stereocenters. The molecule has 0 radical (unpaired) electrons. The summed E-state index contributed by atoms with van der Waals surface area (Å²) in [6.07, 6.45) is 6.84. The van der Waals surface area contributed by atoms with Gasteiger partial charge in [0.05, 0.1) is 19.3 Å². The molecule has 31 heavy (non-hydrogen) atoms. The molecule has 0 saturated carbocycles. The molecule has 0 spiro atoms. The minimum absolute atomic E-state index is 0.145. The number of aromatic nitrogens is 2. The molecule has 0 saturated heterocycles. The van der Waals surface area contributed by atoms with Gasteiger partial charge in [0.15, 0.2) is 0 Å². The van der Waals surface area contributed by atoms with Gasteiger partial charge in [-0.3, -0.25) is 4.79 Å². The van der Waals surface area contributed by atoms with E-state index in [4.69, 9.17) is 9.47 Å². The summed E-state index contributed by atoms with van der Waals surface area (Å²) in [6, 6.07) is 7.73. The maximum absolute atomic E-state index is 12.5. The summed E-state index contributed by atoms with van der Waals surface area (Å²) in [5, 5.41) is 3.90. The predicted molar refractivity (Wildman–Crippen MR) is 123 cm³/mol. The molecule has 0 unspecified atom stereocenters. The second-order valence-corrected chi connectivity index (χ2v) is 7.76. The van der Waals surface area contributed by atoms with E-state index in [1.54, 1.807) is 19.4 Å². The van der Waals surface area contributed by atoms with Crippen molar-refractivity contribution in [3.05, 3.63) is 59.4 Å². The summed E-state index contributed by atoms with van der Waals surface area (Å²) in [6.45, 7) is 5.34. The van der Waals surface area contributed by atoms with Crippen LogP contribution >= 0.6 is 0 Å². The minimum Gasteiger partial charge on any atom is -0.496 e. The van der Waals surface area contributed by atoms with E-state index >= 15 is 0 Å². The highest BCUT2D eigenvalue weighted by Gasteiger charge is 2.11.